The van der Waals surface area contributed by atoms with Crippen LogP contribution in [0.25, 0.3) is 6.08 Å². The molecule has 3 fully saturated rings. The number of carbonyl (C=O) groups excluding carboxylic acids is 2. The first kappa shape index (κ1) is 58.7. The number of esters is 1. The summed E-state index contributed by atoms with van der Waals surface area (Å²) < 4.78 is 66.7. The number of methoxy groups -OCH3 is 4. The Balaban J connectivity index is 1.28. The number of unbranched alkanes of at least 4 members (excludes halogenated alkanes) is 1. The zero-order chi connectivity index (χ0) is 53.7. The molecule has 18 unspecified atom stereocenters. The molecule has 3 N–H and O–H groups in total. The number of allylic oxidation sites excluding steroid dienone is 8. The molecule has 3 aliphatic heterocycles. The highest BCUT2D eigenvalue weighted by molar-refractivity contribution is 5.70. The van der Waals surface area contributed by atoms with E-state index in [0.717, 1.165) is 30.4 Å². The van der Waals surface area contributed by atoms with Crippen molar-refractivity contribution < 1.29 is 71.6 Å². The maximum absolute atomic E-state index is 13.4. The van der Waals surface area contributed by atoms with E-state index in [1.807, 2.05) is 52.0 Å². The highest BCUT2D eigenvalue weighted by Crippen LogP contribution is 2.56. The van der Waals surface area contributed by atoms with Gasteiger partial charge >= 0.3 is 12.1 Å². The number of aliphatic hydroxyl groups excluding tert-OH is 2. The van der Waals surface area contributed by atoms with Gasteiger partial charge in [-0.25, -0.2) is 9.78 Å². The number of cyclic esters (lactones) is 1. The number of amides is 1. The molecule has 1 aromatic heterocycles. The van der Waals surface area contributed by atoms with E-state index in [9.17, 15) is 19.8 Å². The molecule has 18 nitrogen and oxygen atoms in total. The van der Waals surface area contributed by atoms with Crippen molar-refractivity contribution in [1.29, 1.82) is 5.26 Å². The third kappa shape index (κ3) is 14.3. The topological polar surface area (TPSA) is 229 Å². The van der Waals surface area contributed by atoms with Crippen LogP contribution in [0.3, 0.4) is 0 Å². The van der Waals surface area contributed by atoms with E-state index in [-0.39, 0.29) is 61.3 Å². The second-order valence-corrected chi connectivity index (χ2v) is 20.5. The fourth-order valence-electron chi connectivity index (χ4n) is 11.0. The molecule has 4 heterocycles. The largest absolute Gasteiger partial charge is 0.457 e. The first-order chi connectivity index (χ1) is 35.5. The standard InChI is InChI=1S/C56H81N3O15/c1-32-17-16-21-45(60)70-41(23-22-40-36(5)69-52(59-40)34(3)19-14-15-26-57)33(2)18-12-13-20-37-27-35(4)46-39(56(37,6)25-24-32)28-38(65-9)29-42(46)71-54-51(67-11)50(47(61)43(72-54)30-64-8)73-53-48(62)49(74-55(63)58-7)44(66-10)31-68-53/h12-13,17-18,20,22-25,27,33-34,37-39,41-44,46-51,53-54,61-62H,14-16,19,21,28-31H2,1-11H3,(H,58,63)/b18-12+,20-13+,23-22+,25-24+,32-17-. The number of hydrogen-bond acceptors (Lipinski definition) is 17. The molecule has 1 amide bonds. The van der Waals surface area contributed by atoms with Gasteiger partial charge in [-0.15, -0.1) is 0 Å². The normalized spacial score (nSPS) is 38.5. The molecule has 5 aliphatic rings. The van der Waals surface area contributed by atoms with Crippen LogP contribution < -0.4 is 5.32 Å². The number of ether oxygens (including phenoxy) is 10. The number of nitriles is 1. The maximum atomic E-state index is 13.4. The number of rotatable bonds is 16. The number of aryl methyl sites for hydroxylation is 1. The third-order valence-corrected chi connectivity index (χ3v) is 15.4. The van der Waals surface area contributed by atoms with Crippen LogP contribution in [0.4, 0.5) is 4.79 Å². The fraction of sp³-hybridized carbons (Fsp3) is 0.679. The highest BCUT2D eigenvalue weighted by atomic mass is 16.7. The SMILES string of the molecule is CNC(=O)OC1C(OC)COC(OC2C(O)C(COC)OC(OC3CC(OC)CC4C3C(C)=CC3/C=C/C=C/C(C)C(/C=C/c5nc(C(C)CCCC#N)oc5C)OC(=O)CC/C=C(C)\C=C\C34C)C2OC)C1O. The van der Waals surface area contributed by atoms with Crippen LogP contribution in [-0.2, 0) is 52.2 Å². The van der Waals surface area contributed by atoms with Crippen LogP contribution in [0.5, 0.6) is 0 Å². The monoisotopic (exact) mass is 1040 g/mol. The molecule has 6 rings (SSSR count). The summed E-state index contributed by atoms with van der Waals surface area (Å²) in [7, 11) is 7.51. The van der Waals surface area contributed by atoms with Crippen LogP contribution >= 0.6 is 0 Å². The second-order valence-electron chi connectivity index (χ2n) is 20.5. The molecular formula is C56H81N3O15. The molecule has 0 spiro atoms. The van der Waals surface area contributed by atoms with E-state index in [0.29, 0.717) is 36.6 Å². The minimum atomic E-state index is -1.50. The van der Waals surface area contributed by atoms with Crippen LogP contribution in [0, 0.1) is 47.3 Å². The number of carbonyl (C=O) groups is 2. The summed E-state index contributed by atoms with van der Waals surface area (Å²) in [6.45, 7) is 12.3. The Morgan fingerprint density at radius 1 is 1.01 bits per heavy atom. The number of nitrogens with zero attached hydrogens (tertiary/aromatic N) is 2. The van der Waals surface area contributed by atoms with Gasteiger partial charge in [0.15, 0.2) is 24.6 Å². The van der Waals surface area contributed by atoms with Gasteiger partial charge in [-0.05, 0) is 69.9 Å². The molecule has 0 aromatic carbocycles. The van der Waals surface area contributed by atoms with Gasteiger partial charge in [-0.2, -0.15) is 5.26 Å². The number of aromatic nitrogens is 1. The highest BCUT2D eigenvalue weighted by Gasteiger charge is 2.56. The van der Waals surface area contributed by atoms with Gasteiger partial charge in [0, 0.05) is 78.4 Å². The van der Waals surface area contributed by atoms with Gasteiger partial charge in [0.05, 0.1) is 31.5 Å². The number of nitrogens with one attached hydrogen (secondary N) is 1. The Hall–Kier alpha value is -4.52. The molecule has 0 radical (unpaired) electrons. The molecule has 18 heteroatoms. The molecule has 0 bridgehead atoms. The Kier molecular flexibility index (Phi) is 21.8. The lowest BCUT2D eigenvalue weighted by Crippen LogP contribution is -2.65. The number of fused-ring (bicyclic) bond motifs is 3. The van der Waals surface area contributed by atoms with Crippen molar-refractivity contribution in [3.8, 4) is 6.07 Å². The maximum Gasteiger partial charge on any atom is 0.407 e. The van der Waals surface area contributed by atoms with Gasteiger partial charge < -0.3 is 67.3 Å². The van der Waals surface area contributed by atoms with E-state index in [1.54, 1.807) is 7.11 Å². The van der Waals surface area contributed by atoms with E-state index < -0.39 is 79.0 Å². The summed E-state index contributed by atoms with van der Waals surface area (Å²) in [4.78, 5) is 30.4. The van der Waals surface area contributed by atoms with E-state index in [2.05, 4.69) is 61.7 Å². The van der Waals surface area contributed by atoms with Crippen molar-refractivity contribution >= 4 is 18.1 Å². The fourth-order valence-corrected chi connectivity index (χ4v) is 11.0. The second kappa shape index (κ2) is 27.5. The number of hydrogen-bond donors (Lipinski definition) is 3. The van der Waals surface area contributed by atoms with Crippen molar-refractivity contribution in [2.24, 2.45) is 29.1 Å². The van der Waals surface area contributed by atoms with Gasteiger partial charge in [0.2, 0.25) is 0 Å². The lowest BCUT2D eigenvalue weighted by atomic mass is 9.53. The molecule has 1 saturated carbocycles. The van der Waals surface area contributed by atoms with E-state index in [1.165, 1.54) is 28.4 Å². The first-order valence-electron chi connectivity index (χ1n) is 26.0. The average Bonchev–Trinajstić information content (AvgIpc) is 3.76. The van der Waals surface area contributed by atoms with Crippen LogP contribution in [0.2, 0.25) is 0 Å². The molecule has 410 valence electrons. The van der Waals surface area contributed by atoms with Gasteiger partial charge in [-0.1, -0.05) is 80.5 Å². The molecule has 18 atom stereocenters. The van der Waals surface area contributed by atoms with Crippen molar-refractivity contribution in [2.45, 2.75) is 166 Å². The van der Waals surface area contributed by atoms with Crippen LogP contribution in [-0.4, -0.2) is 150 Å². The molecular weight excluding hydrogens is 955 g/mol. The van der Waals surface area contributed by atoms with Crippen molar-refractivity contribution in [2.75, 3.05) is 48.7 Å². The average molecular weight is 1040 g/mol. The number of aliphatic hydroxyl groups is 2. The minimum absolute atomic E-state index is 0.0102. The van der Waals surface area contributed by atoms with E-state index >= 15 is 0 Å². The minimum Gasteiger partial charge on any atom is -0.457 e. The van der Waals surface area contributed by atoms with Gasteiger partial charge in [0.1, 0.15) is 54.2 Å². The quantitative estimate of drug-likeness (QED) is 0.0835. The Morgan fingerprint density at radius 2 is 1.78 bits per heavy atom. The molecule has 1 aromatic rings. The first-order valence-corrected chi connectivity index (χ1v) is 26.0. The molecule has 74 heavy (non-hydrogen) atoms. The summed E-state index contributed by atoms with van der Waals surface area (Å²) >= 11 is 0. The van der Waals surface area contributed by atoms with E-state index in [4.69, 9.17) is 62.0 Å². The van der Waals surface area contributed by atoms with Crippen LogP contribution in [0.1, 0.15) is 103 Å². The Morgan fingerprint density at radius 3 is 2.49 bits per heavy atom. The Bertz CT molecular complexity index is 2230. The lowest BCUT2D eigenvalue weighted by molar-refractivity contribution is -0.360. The zero-order valence-electron chi connectivity index (χ0n) is 45.0. The predicted molar refractivity (Wildman–Crippen MR) is 273 cm³/mol. The van der Waals surface area contributed by atoms with Crippen molar-refractivity contribution in [3.05, 3.63) is 83.2 Å². The lowest BCUT2D eigenvalue weighted by Gasteiger charge is -2.55. The van der Waals surface area contributed by atoms with Crippen molar-refractivity contribution in [1.82, 2.24) is 10.3 Å². The van der Waals surface area contributed by atoms with Crippen LogP contribution in [0.15, 0.2) is 70.2 Å². The third-order valence-electron chi connectivity index (χ3n) is 15.4. The smallest absolute Gasteiger partial charge is 0.407 e. The summed E-state index contributed by atoms with van der Waals surface area (Å²) in [5, 5.41) is 34.6. The van der Waals surface area contributed by atoms with Gasteiger partial charge in [0.25, 0.3) is 0 Å². The molecule has 2 saturated heterocycles. The molecule has 2 aliphatic carbocycles. The Labute approximate surface area is 437 Å². The summed E-state index contributed by atoms with van der Waals surface area (Å²) in [5.74, 6) is 0.743. The zero-order valence-corrected chi connectivity index (χ0v) is 45.0. The van der Waals surface area contributed by atoms with Gasteiger partial charge in [-0.3, -0.25) is 4.79 Å². The predicted octanol–water partition coefficient (Wildman–Crippen LogP) is 7.35. The summed E-state index contributed by atoms with van der Waals surface area (Å²) in [6, 6.07) is 2.19. The number of oxazole rings is 1. The van der Waals surface area contributed by atoms with Crippen molar-refractivity contribution in [3.63, 3.8) is 0 Å². The summed E-state index contributed by atoms with van der Waals surface area (Å²) in [5.41, 5.74) is 2.38. The summed E-state index contributed by atoms with van der Waals surface area (Å²) in [6.07, 6.45) is 12.7. The number of alkyl carbamates (subject to hydrolysis) is 1.